The predicted molar refractivity (Wildman–Crippen MR) is 62.9 cm³/mol. The van der Waals surface area contributed by atoms with E-state index in [1.807, 2.05) is 6.92 Å². The molecular formula is C12H17N3O. The summed E-state index contributed by atoms with van der Waals surface area (Å²) < 4.78 is 0. The highest BCUT2D eigenvalue weighted by Gasteiger charge is 2.00. The van der Waals surface area contributed by atoms with Gasteiger partial charge in [-0.25, -0.2) is 4.98 Å². The smallest absolute Gasteiger partial charge is 0.127 e. The molecule has 16 heavy (non-hydrogen) atoms. The number of aliphatic hydroxyl groups is 1. The van der Waals surface area contributed by atoms with Gasteiger partial charge in [0.05, 0.1) is 11.6 Å². The molecule has 1 rings (SSSR count). The number of pyridine rings is 1. The summed E-state index contributed by atoms with van der Waals surface area (Å²) >= 11 is 0. The van der Waals surface area contributed by atoms with Crippen LogP contribution in [0.25, 0.3) is 0 Å². The standard InChI is InChI=1S/C12H17N3O/c1-10(9-16)3-2-5-14-12-7-11(8-13)4-6-15-12/h4,6-7,10,16H,2-3,5,9H2,1H3,(H,14,15). The minimum atomic E-state index is 0.238. The van der Waals surface area contributed by atoms with Crippen molar-refractivity contribution in [2.45, 2.75) is 19.8 Å². The van der Waals surface area contributed by atoms with Gasteiger partial charge in [-0.3, -0.25) is 0 Å². The second kappa shape index (κ2) is 6.81. The Morgan fingerprint density at radius 2 is 2.44 bits per heavy atom. The van der Waals surface area contributed by atoms with Crippen molar-refractivity contribution in [2.75, 3.05) is 18.5 Å². The molecule has 1 atom stereocenters. The lowest BCUT2D eigenvalue weighted by molar-refractivity contribution is 0.229. The third-order valence-electron chi connectivity index (χ3n) is 2.38. The van der Waals surface area contributed by atoms with Crippen LogP contribution in [-0.2, 0) is 0 Å². The summed E-state index contributed by atoms with van der Waals surface area (Å²) in [6, 6.07) is 5.48. The van der Waals surface area contributed by atoms with Crippen LogP contribution in [0.1, 0.15) is 25.3 Å². The normalized spacial score (nSPS) is 11.8. The Labute approximate surface area is 95.9 Å². The van der Waals surface area contributed by atoms with Gasteiger partial charge in [0, 0.05) is 19.3 Å². The Morgan fingerprint density at radius 3 is 3.12 bits per heavy atom. The zero-order chi connectivity index (χ0) is 11.8. The molecule has 0 bridgehead atoms. The van der Waals surface area contributed by atoms with Crippen LogP contribution in [0, 0.1) is 17.2 Å². The van der Waals surface area contributed by atoms with Gasteiger partial charge in [-0.1, -0.05) is 6.92 Å². The molecule has 86 valence electrons. The maximum Gasteiger partial charge on any atom is 0.127 e. The third kappa shape index (κ3) is 4.28. The van der Waals surface area contributed by atoms with Crippen molar-refractivity contribution >= 4 is 5.82 Å². The van der Waals surface area contributed by atoms with Gasteiger partial charge < -0.3 is 10.4 Å². The lowest BCUT2D eigenvalue weighted by Gasteiger charge is -2.08. The Bertz CT molecular complexity index is 360. The molecule has 0 aliphatic rings. The first-order valence-corrected chi connectivity index (χ1v) is 5.47. The van der Waals surface area contributed by atoms with Crippen molar-refractivity contribution in [3.05, 3.63) is 23.9 Å². The van der Waals surface area contributed by atoms with Crippen LogP contribution >= 0.6 is 0 Å². The summed E-state index contributed by atoms with van der Waals surface area (Å²) in [7, 11) is 0. The highest BCUT2D eigenvalue weighted by molar-refractivity contribution is 5.42. The van der Waals surface area contributed by atoms with Crippen LogP contribution in [0.4, 0.5) is 5.82 Å². The van der Waals surface area contributed by atoms with Gasteiger partial charge in [0.2, 0.25) is 0 Å². The van der Waals surface area contributed by atoms with Crippen LogP contribution in [0.15, 0.2) is 18.3 Å². The lowest BCUT2D eigenvalue weighted by atomic mass is 10.1. The molecule has 0 aromatic carbocycles. The quantitative estimate of drug-likeness (QED) is 0.715. The van der Waals surface area contributed by atoms with Crippen molar-refractivity contribution in [1.82, 2.24) is 4.98 Å². The van der Waals surface area contributed by atoms with Crippen molar-refractivity contribution in [3.63, 3.8) is 0 Å². The molecule has 0 amide bonds. The Hall–Kier alpha value is -1.60. The number of hydrogen-bond donors (Lipinski definition) is 2. The average molecular weight is 219 g/mol. The van der Waals surface area contributed by atoms with Crippen molar-refractivity contribution in [3.8, 4) is 6.07 Å². The minimum Gasteiger partial charge on any atom is -0.396 e. The van der Waals surface area contributed by atoms with Crippen LogP contribution < -0.4 is 5.32 Å². The van der Waals surface area contributed by atoms with Crippen LogP contribution in [0.5, 0.6) is 0 Å². The first-order valence-electron chi connectivity index (χ1n) is 5.47. The molecule has 0 spiro atoms. The number of anilines is 1. The summed E-state index contributed by atoms with van der Waals surface area (Å²) in [5, 5.41) is 20.7. The van der Waals surface area contributed by atoms with E-state index in [2.05, 4.69) is 16.4 Å². The van der Waals surface area contributed by atoms with Crippen molar-refractivity contribution in [1.29, 1.82) is 5.26 Å². The first kappa shape index (κ1) is 12.5. The first-order chi connectivity index (χ1) is 7.76. The monoisotopic (exact) mass is 219 g/mol. The molecular weight excluding hydrogens is 202 g/mol. The highest BCUT2D eigenvalue weighted by atomic mass is 16.3. The number of rotatable bonds is 6. The van der Waals surface area contributed by atoms with Gasteiger partial charge in [0.25, 0.3) is 0 Å². The van der Waals surface area contributed by atoms with E-state index in [1.165, 1.54) is 0 Å². The Balaban J connectivity index is 2.29. The summed E-state index contributed by atoms with van der Waals surface area (Å²) in [4.78, 5) is 4.11. The van der Waals surface area contributed by atoms with Gasteiger partial charge in [0.1, 0.15) is 5.82 Å². The summed E-state index contributed by atoms with van der Waals surface area (Å²) in [6.45, 7) is 3.07. The molecule has 4 heteroatoms. The lowest BCUT2D eigenvalue weighted by Crippen LogP contribution is -2.07. The van der Waals surface area contributed by atoms with Crippen LogP contribution in [0.3, 0.4) is 0 Å². The average Bonchev–Trinajstić information content (AvgIpc) is 2.34. The zero-order valence-electron chi connectivity index (χ0n) is 9.48. The second-order valence-corrected chi connectivity index (χ2v) is 3.90. The number of aliphatic hydroxyl groups excluding tert-OH is 1. The fraction of sp³-hybridized carbons (Fsp3) is 0.500. The number of nitrogens with zero attached hydrogens (tertiary/aromatic N) is 2. The van der Waals surface area contributed by atoms with Crippen LogP contribution in [0.2, 0.25) is 0 Å². The van der Waals surface area contributed by atoms with E-state index in [9.17, 15) is 0 Å². The van der Waals surface area contributed by atoms with E-state index in [0.29, 0.717) is 11.5 Å². The Morgan fingerprint density at radius 1 is 1.62 bits per heavy atom. The summed E-state index contributed by atoms with van der Waals surface area (Å²) in [6.07, 6.45) is 3.60. The SMILES string of the molecule is CC(CO)CCCNc1cc(C#N)ccn1. The second-order valence-electron chi connectivity index (χ2n) is 3.90. The molecule has 1 unspecified atom stereocenters. The number of aromatic nitrogens is 1. The molecule has 0 saturated carbocycles. The molecule has 0 fully saturated rings. The summed E-state index contributed by atoms with van der Waals surface area (Å²) in [5.41, 5.74) is 0.612. The van der Waals surface area contributed by atoms with E-state index in [4.69, 9.17) is 10.4 Å². The molecule has 1 aromatic heterocycles. The number of hydrogen-bond acceptors (Lipinski definition) is 4. The molecule has 0 aliphatic carbocycles. The van der Waals surface area contributed by atoms with Gasteiger partial charge in [-0.05, 0) is 30.9 Å². The van der Waals surface area contributed by atoms with E-state index in [1.54, 1.807) is 18.3 Å². The van der Waals surface area contributed by atoms with E-state index >= 15 is 0 Å². The van der Waals surface area contributed by atoms with E-state index in [-0.39, 0.29) is 6.61 Å². The molecule has 0 saturated heterocycles. The fourth-order valence-corrected chi connectivity index (χ4v) is 1.36. The largest absolute Gasteiger partial charge is 0.396 e. The maximum absolute atomic E-state index is 8.85. The van der Waals surface area contributed by atoms with Gasteiger partial charge >= 0.3 is 0 Å². The van der Waals surface area contributed by atoms with Gasteiger partial charge in [-0.2, -0.15) is 5.26 Å². The molecule has 4 nitrogen and oxygen atoms in total. The molecule has 2 N–H and O–H groups in total. The third-order valence-corrected chi connectivity index (χ3v) is 2.38. The molecule has 0 radical (unpaired) electrons. The van der Waals surface area contributed by atoms with Gasteiger partial charge in [-0.15, -0.1) is 0 Å². The topological polar surface area (TPSA) is 68.9 Å². The zero-order valence-corrected chi connectivity index (χ0v) is 9.48. The molecule has 1 aromatic rings. The number of nitriles is 1. The Kier molecular flexibility index (Phi) is 5.30. The minimum absolute atomic E-state index is 0.238. The van der Waals surface area contributed by atoms with Crippen LogP contribution in [-0.4, -0.2) is 23.2 Å². The number of nitrogens with one attached hydrogen (secondary N) is 1. The van der Waals surface area contributed by atoms with E-state index < -0.39 is 0 Å². The van der Waals surface area contributed by atoms with E-state index in [0.717, 1.165) is 25.2 Å². The summed E-state index contributed by atoms with van der Waals surface area (Å²) in [5.74, 6) is 1.08. The van der Waals surface area contributed by atoms with Crippen molar-refractivity contribution < 1.29 is 5.11 Å². The predicted octanol–water partition coefficient (Wildman–Crippen LogP) is 1.77. The van der Waals surface area contributed by atoms with Crippen molar-refractivity contribution in [2.24, 2.45) is 5.92 Å². The van der Waals surface area contributed by atoms with Gasteiger partial charge in [0.15, 0.2) is 0 Å². The highest BCUT2D eigenvalue weighted by Crippen LogP contribution is 2.07. The fourth-order valence-electron chi connectivity index (χ4n) is 1.36. The molecule has 0 aliphatic heterocycles. The maximum atomic E-state index is 8.85. The molecule has 1 heterocycles.